The summed E-state index contributed by atoms with van der Waals surface area (Å²) in [5, 5.41) is 3.43. The predicted octanol–water partition coefficient (Wildman–Crippen LogP) is 3.17. The monoisotopic (exact) mass is 233 g/mol. The van der Waals surface area contributed by atoms with Crippen molar-refractivity contribution in [1.82, 2.24) is 5.32 Å². The van der Waals surface area contributed by atoms with E-state index in [4.69, 9.17) is 4.74 Å². The zero-order chi connectivity index (χ0) is 12.4. The number of rotatable bonds is 3. The van der Waals surface area contributed by atoms with Gasteiger partial charge in [0.05, 0.1) is 6.10 Å². The molecule has 1 saturated heterocycles. The van der Waals surface area contributed by atoms with E-state index in [1.165, 1.54) is 23.1 Å². The van der Waals surface area contributed by atoms with Gasteiger partial charge >= 0.3 is 0 Å². The Morgan fingerprint density at radius 3 is 2.65 bits per heavy atom. The number of hydrogen-bond donors (Lipinski definition) is 1. The van der Waals surface area contributed by atoms with Crippen molar-refractivity contribution < 1.29 is 4.74 Å². The summed E-state index contributed by atoms with van der Waals surface area (Å²) in [5.41, 5.74) is 3.99. The van der Waals surface area contributed by atoms with Gasteiger partial charge < -0.3 is 10.1 Å². The van der Waals surface area contributed by atoms with Crippen LogP contribution >= 0.6 is 0 Å². The van der Waals surface area contributed by atoms with Crippen LogP contribution in [0.5, 0.6) is 5.75 Å². The Bertz CT molecular complexity index is 392. The molecule has 1 N–H and O–H groups in total. The molecule has 1 fully saturated rings. The summed E-state index contributed by atoms with van der Waals surface area (Å²) in [7, 11) is 0. The minimum Gasteiger partial charge on any atom is -0.490 e. The first-order valence-electron chi connectivity index (χ1n) is 6.57. The Labute approximate surface area is 104 Å². The predicted molar refractivity (Wildman–Crippen MR) is 71.9 cm³/mol. The fourth-order valence-corrected chi connectivity index (χ4v) is 2.44. The average Bonchev–Trinajstić information content (AvgIpc) is 2.78. The van der Waals surface area contributed by atoms with Crippen molar-refractivity contribution in [1.29, 1.82) is 0 Å². The lowest BCUT2D eigenvalue weighted by Gasteiger charge is -2.21. The normalized spacial score (nSPS) is 19.9. The van der Waals surface area contributed by atoms with Crippen LogP contribution in [-0.2, 0) is 0 Å². The summed E-state index contributed by atoms with van der Waals surface area (Å²) in [6.07, 6.45) is 1.46. The molecule has 0 radical (unpaired) electrons. The van der Waals surface area contributed by atoms with Crippen LogP contribution in [-0.4, -0.2) is 19.2 Å². The number of hydrogen-bond acceptors (Lipinski definition) is 2. The van der Waals surface area contributed by atoms with Gasteiger partial charge in [-0.25, -0.2) is 0 Å². The van der Waals surface area contributed by atoms with Crippen molar-refractivity contribution >= 4 is 0 Å². The Kier molecular flexibility index (Phi) is 3.72. The number of nitrogens with one attached hydrogen (secondary N) is 1. The van der Waals surface area contributed by atoms with E-state index in [2.05, 4.69) is 45.1 Å². The fourth-order valence-electron chi connectivity index (χ4n) is 2.44. The molecule has 1 aromatic carbocycles. The topological polar surface area (TPSA) is 21.3 Å². The molecule has 1 unspecified atom stereocenters. The number of aryl methyl sites for hydroxylation is 1. The highest BCUT2D eigenvalue weighted by atomic mass is 16.5. The zero-order valence-electron chi connectivity index (χ0n) is 11.3. The summed E-state index contributed by atoms with van der Waals surface area (Å²) in [6.45, 7) is 10.7. The first-order valence-corrected chi connectivity index (χ1v) is 6.57. The summed E-state index contributed by atoms with van der Waals surface area (Å²) < 4.78 is 6.04. The Hall–Kier alpha value is -1.02. The SMILES string of the molecule is Cc1ccc(C2CCNC2)c(OC(C)C)c1C. The third-order valence-corrected chi connectivity index (χ3v) is 3.56. The quantitative estimate of drug-likeness (QED) is 0.866. The van der Waals surface area contributed by atoms with Gasteiger partial charge in [-0.15, -0.1) is 0 Å². The smallest absolute Gasteiger partial charge is 0.126 e. The minimum absolute atomic E-state index is 0.239. The molecule has 0 aliphatic carbocycles. The molecule has 0 saturated carbocycles. The van der Waals surface area contributed by atoms with Crippen LogP contribution in [0.25, 0.3) is 0 Å². The van der Waals surface area contributed by atoms with Crippen molar-refractivity contribution in [3.63, 3.8) is 0 Å². The molecule has 0 bridgehead atoms. The molecule has 1 aliphatic heterocycles. The van der Waals surface area contributed by atoms with Crippen molar-refractivity contribution in [3.8, 4) is 5.75 Å². The highest BCUT2D eigenvalue weighted by Crippen LogP contribution is 2.35. The molecule has 0 spiro atoms. The Morgan fingerprint density at radius 2 is 2.06 bits per heavy atom. The molecule has 94 valence electrons. The van der Waals surface area contributed by atoms with Crippen LogP contribution in [0.4, 0.5) is 0 Å². The maximum atomic E-state index is 6.04. The number of ether oxygens (including phenoxy) is 1. The molecule has 1 atom stereocenters. The summed E-state index contributed by atoms with van der Waals surface area (Å²) in [5.74, 6) is 1.73. The maximum absolute atomic E-state index is 6.04. The molecule has 17 heavy (non-hydrogen) atoms. The second kappa shape index (κ2) is 5.09. The minimum atomic E-state index is 0.239. The van der Waals surface area contributed by atoms with Gasteiger partial charge in [-0.2, -0.15) is 0 Å². The van der Waals surface area contributed by atoms with Gasteiger partial charge in [0, 0.05) is 12.5 Å². The molecule has 1 aliphatic rings. The van der Waals surface area contributed by atoms with Gasteiger partial charge in [0.1, 0.15) is 5.75 Å². The lowest BCUT2D eigenvalue weighted by Crippen LogP contribution is -2.13. The first-order chi connectivity index (χ1) is 8.09. The van der Waals surface area contributed by atoms with E-state index in [0.29, 0.717) is 5.92 Å². The number of benzene rings is 1. The van der Waals surface area contributed by atoms with Crippen molar-refractivity contribution in [2.24, 2.45) is 0 Å². The highest BCUT2D eigenvalue weighted by Gasteiger charge is 2.22. The van der Waals surface area contributed by atoms with E-state index in [-0.39, 0.29) is 6.10 Å². The van der Waals surface area contributed by atoms with E-state index in [1.54, 1.807) is 0 Å². The molecule has 1 aromatic rings. The second-order valence-corrected chi connectivity index (χ2v) is 5.28. The maximum Gasteiger partial charge on any atom is 0.126 e. The first kappa shape index (κ1) is 12.4. The van der Waals surface area contributed by atoms with Crippen molar-refractivity contribution in [3.05, 3.63) is 28.8 Å². The van der Waals surface area contributed by atoms with Gasteiger partial charge in [0.25, 0.3) is 0 Å². The molecular weight excluding hydrogens is 210 g/mol. The third-order valence-electron chi connectivity index (χ3n) is 3.56. The van der Waals surface area contributed by atoms with Gasteiger partial charge in [-0.3, -0.25) is 0 Å². The van der Waals surface area contributed by atoms with Gasteiger partial charge in [-0.05, 0) is 57.4 Å². The Balaban J connectivity index is 2.38. The summed E-state index contributed by atoms with van der Waals surface area (Å²) in [4.78, 5) is 0. The van der Waals surface area contributed by atoms with Crippen molar-refractivity contribution in [2.75, 3.05) is 13.1 Å². The van der Waals surface area contributed by atoms with Crippen LogP contribution in [0.2, 0.25) is 0 Å². The van der Waals surface area contributed by atoms with E-state index in [1.807, 2.05) is 0 Å². The zero-order valence-corrected chi connectivity index (χ0v) is 11.3. The highest BCUT2D eigenvalue weighted by molar-refractivity contribution is 5.47. The lowest BCUT2D eigenvalue weighted by molar-refractivity contribution is 0.237. The molecule has 1 heterocycles. The summed E-state index contributed by atoms with van der Waals surface area (Å²) >= 11 is 0. The molecular formula is C15H23NO. The van der Waals surface area contributed by atoms with Gasteiger partial charge in [0.15, 0.2) is 0 Å². The lowest BCUT2D eigenvalue weighted by atomic mass is 9.93. The molecule has 0 aromatic heterocycles. The van der Waals surface area contributed by atoms with E-state index in [9.17, 15) is 0 Å². The second-order valence-electron chi connectivity index (χ2n) is 5.28. The molecule has 2 nitrogen and oxygen atoms in total. The molecule has 2 heteroatoms. The fraction of sp³-hybridized carbons (Fsp3) is 0.600. The van der Waals surface area contributed by atoms with E-state index < -0.39 is 0 Å². The largest absolute Gasteiger partial charge is 0.490 e. The van der Waals surface area contributed by atoms with E-state index in [0.717, 1.165) is 18.8 Å². The molecule has 0 amide bonds. The van der Waals surface area contributed by atoms with Gasteiger partial charge in [0.2, 0.25) is 0 Å². The van der Waals surface area contributed by atoms with Crippen molar-refractivity contribution in [2.45, 2.75) is 46.1 Å². The van der Waals surface area contributed by atoms with Crippen LogP contribution < -0.4 is 10.1 Å². The van der Waals surface area contributed by atoms with Crippen LogP contribution in [0, 0.1) is 13.8 Å². The third kappa shape index (κ3) is 2.63. The summed E-state index contributed by atoms with van der Waals surface area (Å²) in [6, 6.07) is 4.47. The van der Waals surface area contributed by atoms with Crippen LogP contribution in [0.1, 0.15) is 42.9 Å². The Morgan fingerprint density at radius 1 is 1.29 bits per heavy atom. The standard InChI is InChI=1S/C15H23NO/c1-10(2)17-15-12(4)11(3)5-6-14(15)13-7-8-16-9-13/h5-6,10,13,16H,7-9H2,1-4H3. The van der Waals surface area contributed by atoms with Crippen LogP contribution in [0.3, 0.4) is 0 Å². The van der Waals surface area contributed by atoms with Crippen LogP contribution in [0.15, 0.2) is 12.1 Å². The average molecular weight is 233 g/mol. The molecule has 2 rings (SSSR count). The van der Waals surface area contributed by atoms with Gasteiger partial charge in [-0.1, -0.05) is 12.1 Å². The van der Waals surface area contributed by atoms with E-state index >= 15 is 0 Å².